The molecule has 2 atom stereocenters. The molecule has 0 aromatic carbocycles. The van der Waals surface area contributed by atoms with Crippen LogP contribution in [0.5, 0.6) is 0 Å². The van der Waals surface area contributed by atoms with Crippen molar-refractivity contribution in [3.05, 3.63) is 12.3 Å². The zero-order valence-corrected chi connectivity index (χ0v) is 14.5. The molecule has 0 radical (unpaired) electrons. The van der Waals surface area contributed by atoms with Crippen molar-refractivity contribution < 1.29 is 0 Å². The van der Waals surface area contributed by atoms with Crippen molar-refractivity contribution in [2.45, 2.75) is 6.17 Å². The van der Waals surface area contributed by atoms with E-state index in [4.69, 9.17) is 0 Å². The van der Waals surface area contributed by atoms with Crippen molar-refractivity contribution in [1.29, 1.82) is 0 Å². The van der Waals surface area contributed by atoms with Gasteiger partial charge < -0.3 is 0 Å². The van der Waals surface area contributed by atoms with Crippen molar-refractivity contribution in [1.82, 2.24) is 14.7 Å². The van der Waals surface area contributed by atoms with Crippen molar-refractivity contribution in [3.63, 3.8) is 0 Å². The van der Waals surface area contributed by atoms with Crippen LogP contribution in [-0.2, 0) is 0 Å². The second-order valence-corrected chi connectivity index (χ2v) is 6.84. The first-order chi connectivity index (χ1) is 8.72. The third-order valence-corrected chi connectivity index (χ3v) is 5.13. The fraction of sp³-hybridized carbons (Fsp3) is 0.750. The van der Waals surface area contributed by atoms with Gasteiger partial charge in [-0.15, -0.1) is 0 Å². The van der Waals surface area contributed by atoms with Crippen LogP contribution < -0.4 is 0 Å². The van der Waals surface area contributed by atoms with Crippen molar-refractivity contribution >= 4 is 33.2 Å². The van der Waals surface area contributed by atoms with Crippen molar-refractivity contribution in [3.8, 4) is 0 Å². The van der Waals surface area contributed by atoms with E-state index < -0.39 is 0 Å². The Morgan fingerprint density at radius 1 is 1.39 bits per heavy atom. The van der Waals surface area contributed by atoms with E-state index in [9.17, 15) is 0 Å². The molecule has 0 aliphatic carbocycles. The molecule has 2 heterocycles. The van der Waals surface area contributed by atoms with Crippen LogP contribution in [0.2, 0.25) is 0 Å². The normalized spacial score (nSPS) is 26.5. The van der Waals surface area contributed by atoms with Gasteiger partial charge in [0.15, 0.2) is 0 Å². The van der Waals surface area contributed by atoms with Gasteiger partial charge in [-0.05, 0) is 0 Å². The quantitative estimate of drug-likeness (QED) is 0.663. The van der Waals surface area contributed by atoms with Crippen LogP contribution in [0.4, 0.5) is 0 Å². The van der Waals surface area contributed by atoms with Gasteiger partial charge in [0.1, 0.15) is 0 Å². The van der Waals surface area contributed by atoms with Crippen LogP contribution in [0.3, 0.4) is 0 Å². The molecule has 18 heavy (non-hydrogen) atoms. The van der Waals surface area contributed by atoms with Crippen LogP contribution in [0.15, 0.2) is 17.3 Å². The number of piperazine rings is 1. The van der Waals surface area contributed by atoms with Gasteiger partial charge in [-0.3, -0.25) is 0 Å². The zero-order valence-electron chi connectivity index (χ0n) is 11.2. The Labute approximate surface area is 123 Å². The number of hydrogen-bond acceptors (Lipinski definition) is 5. The molecule has 0 saturated carbocycles. The number of aliphatic imine (C=N–C) groups is 1. The fourth-order valence-corrected chi connectivity index (χ4v) is 3.50. The zero-order chi connectivity index (χ0) is 13.0. The molecule has 2 unspecified atom stereocenters. The third kappa shape index (κ3) is 3.53. The molecule has 2 aliphatic heterocycles. The summed E-state index contributed by atoms with van der Waals surface area (Å²) in [4.78, 5) is 11.9. The second-order valence-electron chi connectivity index (χ2n) is 4.77. The predicted octanol–water partition coefficient (Wildman–Crippen LogP) is -0.259. The van der Waals surface area contributed by atoms with E-state index in [0.717, 1.165) is 19.6 Å². The number of rotatable bonds is 4. The molecule has 0 N–H and O–H groups in total. The van der Waals surface area contributed by atoms with E-state index >= 15 is 0 Å². The summed E-state index contributed by atoms with van der Waals surface area (Å²) in [5.74, 6) is 1.17. The Morgan fingerprint density at radius 3 is 2.78 bits per heavy atom. The van der Waals surface area contributed by atoms with E-state index in [1.165, 1.54) is 23.5 Å². The number of thioether (sulfide) groups is 1. The standard InChI is InChI=1S/C12H23AsN4S/c1-15-5-7-16(8-6-15)11-3-4-14-12(13)17(11)9-10-18-2/h3-4,11H,5-10,13H2,1-2H3. The van der Waals surface area contributed by atoms with Crippen LogP contribution in [0, 0.1) is 0 Å². The Balaban J connectivity index is 2.00. The molecular weight excluding hydrogens is 307 g/mol. The van der Waals surface area contributed by atoms with E-state index in [1.54, 1.807) is 16.9 Å². The predicted molar refractivity (Wildman–Crippen MR) is 83.1 cm³/mol. The molecule has 0 aromatic heterocycles. The van der Waals surface area contributed by atoms with Gasteiger partial charge in [0, 0.05) is 0 Å². The van der Waals surface area contributed by atoms with Crippen LogP contribution in [0.1, 0.15) is 0 Å². The van der Waals surface area contributed by atoms with E-state index in [2.05, 4.69) is 39.1 Å². The molecule has 2 aliphatic rings. The molecule has 0 spiro atoms. The Bertz CT molecular complexity index is 326. The van der Waals surface area contributed by atoms with E-state index in [-0.39, 0.29) is 0 Å². The van der Waals surface area contributed by atoms with Crippen LogP contribution >= 0.6 is 11.8 Å². The molecule has 0 bridgehead atoms. The number of amidine groups is 1. The SMILES string of the molecule is CSCCN1C([AsH2])=NC=CC1N1CCN(C)CC1. The summed E-state index contributed by atoms with van der Waals surface area (Å²) >= 11 is 3.54. The van der Waals surface area contributed by atoms with Gasteiger partial charge in [0.05, 0.1) is 0 Å². The van der Waals surface area contributed by atoms with Crippen molar-refractivity contribution in [2.75, 3.05) is 51.8 Å². The first-order valence-electron chi connectivity index (χ1n) is 6.40. The average molecular weight is 330 g/mol. The molecule has 6 heteroatoms. The summed E-state index contributed by atoms with van der Waals surface area (Å²) in [6.07, 6.45) is 6.82. The molecule has 1 fully saturated rings. The Kier molecular flexibility index (Phi) is 5.61. The summed E-state index contributed by atoms with van der Waals surface area (Å²) < 4.78 is 1.21. The number of nitrogens with zero attached hydrogens (tertiary/aromatic N) is 4. The molecule has 0 aromatic rings. The van der Waals surface area contributed by atoms with Gasteiger partial charge in [-0.1, -0.05) is 0 Å². The first-order valence-corrected chi connectivity index (χ1v) is 9.01. The Morgan fingerprint density at radius 2 is 2.11 bits per heavy atom. The molecule has 0 amide bonds. The summed E-state index contributed by atoms with van der Waals surface area (Å²) in [6, 6.07) is 0. The van der Waals surface area contributed by atoms with Crippen LogP contribution in [0.25, 0.3) is 0 Å². The van der Waals surface area contributed by atoms with Gasteiger partial charge in [-0.2, -0.15) is 0 Å². The van der Waals surface area contributed by atoms with Gasteiger partial charge in [-0.25, -0.2) is 0 Å². The summed E-state index contributed by atoms with van der Waals surface area (Å²) in [5, 5.41) is 0. The van der Waals surface area contributed by atoms with Gasteiger partial charge in [0.25, 0.3) is 0 Å². The van der Waals surface area contributed by atoms with Crippen molar-refractivity contribution in [2.24, 2.45) is 4.99 Å². The van der Waals surface area contributed by atoms with Gasteiger partial charge in [0.2, 0.25) is 0 Å². The summed E-state index contributed by atoms with van der Waals surface area (Å²) in [7, 11) is 2.20. The van der Waals surface area contributed by atoms with Gasteiger partial charge >= 0.3 is 123 Å². The molecular formula is C12H23AsN4S. The second kappa shape index (κ2) is 6.99. The minimum absolute atomic E-state index is 0.422. The van der Waals surface area contributed by atoms with Crippen LogP contribution in [-0.4, -0.2) is 94.1 Å². The third-order valence-electron chi connectivity index (χ3n) is 3.53. The number of likely N-dealkylation sites (N-methyl/N-ethyl adjacent to an activating group) is 1. The Hall–Kier alpha value is 0.0384. The molecule has 4 nitrogen and oxygen atoms in total. The summed E-state index contributed by atoms with van der Waals surface area (Å²) in [6.45, 7) is 5.74. The molecule has 102 valence electrons. The number of hydrogen-bond donors (Lipinski definition) is 0. The monoisotopic (exact) mass is 330 g/mol. The topological polar surface area (TPSA) is 22.1 Å². The average Bonchev–Trinajstić information content (AvgIpc) is 2.38. The molecule has 1 saturated heterocycles. The van der Waals surface area contributed by atoms with E-state index in [1.807, 2.05) is 18.0 Å². The molecule has 2 rings (SSSR count). The first kappa shape index (κ1) is 14.4. The fourth-order valence-electron chi connectivity index (χ4n) is 2.35. The minimum atomic E-state index is 0.422. The summed E-state index contributed by atoms with van der Waals surface area (Å²) in [5.41, 5.74) is 0. The van der Waals surface area contributed by atoms with E-state index in [0.29, 0.717) is 6.17 Å². The maximum absolute atomic E-state index is 4.47. The maximum atomic E-state index is 4.47.